The van der Waals surface area contributed by atoms with E-state index in [-0.39, 0.29) is 6.47 Å². The van der Waals surface area contributed by atoms with Crippen LogP contribution in [0.1, 0.15) is 31.1 Å². The molecule has 0 radical (unpaired) electrons. The third-order valence-electron chi connectivity index (χ3n) is 3.62. The molecule has 6 heteroatoms. The lowest BCUT2D eigenvalue weighted by molar-refractivity contribution is -0.122. The Kier molecular flexibility index (Phi) is 6.88. The third-order valence-corrected chi connectivity index (χ3v) is 3.62. The molecule has 2 aromatic rings. The maximum atomic E-state index is 8.36. The number of benzene rings is 1. The second kappa shape index (κ2) is 8.41. The van der Waals surface area contributed by atoms with Gasteiger partial charge in [-0.3, -0.25) is 4.79 Å². The van der Waals surface area contributed by atoms with Gasteiger partial charge >= 0.3 is 0 Å². The van der Waals surface area contributed by atoms with Gasteiger partial charge in [-0.05, 0) is 44.0 Å². The number of methoxy groups -OCH3 is 1. The van der Waals surface area contributed by atoms with Crippen molar-refractivity contribution in [1.82, 2.24) is 10.3 Å². The van der Waals surface area contributed by atoms with E-state index in [1.54, 1.807) is 7.11 Å². The molecule has 6 nitrogen and oxygen atoms in total. The number of carboxylic acid groups (broad SMARTS) is 1. The number of aliphatic hydroxyl groups is 1. The van der Waals surface area contributed by atoms with Crippen LogP contribution in [-0.4, -0.2) is 41.9 Å². The van der Waals surface area contributed by atoms with Crippen LogP contribution >= 0.6 is 0 Å². The van der Waals surface area contributed by atoms with Crippen LogP contribution in [0, 0.1) is 0 Å². The summed E-state index contributed by atoms with van der Waals surface area (Å²) in [5, 5.41) is 18.8. The zero-order valence-electron chi connectivity index (χ0n) is 13.4. The minimum absolute atomic E-state index is 0.250. The first-order chi connectivity index (χ1) is 10.6. The highest BCUT2D eigenvalue weighted by atomic mass is 16.5. The summed E-state index contributed by atoms with van der Waals surface area (Å²) in [4.78, 5) is 11.9. The van der Waals surface area contributed by atoms with E-state index in [0.717, 1.165) is 19.3 Å². The van der Waals surface area contributed by atoms with Crippen molar-refractivity contribution in [3.8, 4) is 5.75 Å². The number of aliphatic hydroxyl groups excluding tert-OH is 1. The smallest absolute Gasteiger partial charge is 0.290 e. The molecule has 4 N–H and O–H groups in total. The largest absolute Gasteiger partial charge is 0.497 e. The predicted octanol–water partition coefficient (Wildman–Crippen LogP) is 2.08. The van der Waals surface area contributed by atoms with Crippen molar-refractivity contribution in [2.75, 3.05) is 14.2 Å². The minimum atomic E-state index is -0.250. The Morgan fingerprint density at radius 1 is 1.32 bits per heavy atom. The van der Waals surface area contributed by atoms with Crippen molar-refractivity contribution in [3.05, 3.63) is 29.5 Å². The first kappa shape index (κ1) is 18.0. The molecule has 0 bridgehead atoms. The summed E-state index contributed by atoms with van der Waals surface area (Å²) in [6.07, 6.45) is 1.08. The average Bonchev–Trinajstić information content (AvgIpc) is 2.88. The number of H-pyrrole nitrogens is 1. The lowest BCUT2D eigenvalue weighted by Gasteiger charge is -2.26. The summed E-state index contributed by atoms with van der Waals surface area (Å²) < 4.78 is 5.31. The summed E-state index contributed by atoms with van der Waals surface area (Å²) in [5.74, 6) is 0.929. The lowest BCUT2D eigenvalue weighted by Crippen LogP contribution is -2.35. The lowest BCUT2D eigenvalue weighted by atomic mass is 9.95. The topological polar surface area (TPSA) is 94.6 Å². The molecule has 0 spiro atoms. The molecule has 0 saturated carbocycles. The van der Waals surface area contributed by atoms with Crippen molar-refractivity contribution in [1.29, 1.82) is 0 Å². The summed E-state index contributed by atoms with van der Waals surface area (Å²) in [6, 6.07) is 7.17. The van der Waals surface area contributed by atoms with Crippen LogP contribution in [0.25, 0.3) is 10.9 Å². The molecule has 1 aromatic heterocycles. The molecular weight excluding hydrogens is 284 g/mol. The Balaban J connectivity index is 0.000000435. The molecular formula is C16H24N2O4. The van der Waals surface area contributed by atoms with E-state index in [9.17, 15) is 0 Å². The average molecular weight is 308 g/mol. The van der Waals surface area contributed by atoms with Crippen molar-refractivity contribution in [2.45, 2.75) is 32.4 Å². The third kappa shape index (κ3) is 3.78. The maximum Gasteiger partial charge on any atom is 0.290 e. The van der Waals surface area contributed by atoms with Crippen LogP contribution in [0.3, 0.4) is 0 Å². The number of fused-ring (bicyclic) bond motifs is 3. The van der Waals surface area contributed by atoms with Gasteiger partial charge in [-0.15, -0.1) is 0 Å². The van der Waals surface area contributed by atoms with E-state index in [2.05, 4.69) is 36.3 Å². The number of aromatic amines is 1. The molecule has 22 heavy (non-hydrogen) atoms. The number of ether oxygens (including phenoxy) is 1. The molecule has 2 atom stereocenters. The number of hydrogen-bond acceptors (Lipinski definition) is 4. The molecule has 0 saturated heterocycles. The van der Waals surface area contributed by atoms with Gasteiger partial charge < -0.3 is 25.3 Å². The van der Waals surface area contributed by atoms with Crippen molar-refractivity contribution < 1.29 is 19.7 Å². The van der Waals surface area contributed by atoms with Crippen LogP contribution in [0.4, 0.5) is 0 Å². The highest BCUT2D eigenvalue weighted by molar-refractivity contribution is 5.86. The molecule has 3 rings (SSSR count). The Morgan fingerprint density at radius 2 is 1.95 bits per heavy atom. The van der Waals surface area contributed by atoms with E-state index >= 15 is 0 Å². The first-order valence-electron chi connectivity index (χ1n) is 7.07. The molecule has 1 aliphatic heterocycles. The van der Waals surface area contributed by atoms with Crippen molar-refractivity contribution in [3.63, 3.8) is 0 Å². The summed E-state index contributed by atoms with van der Waals surface area (Å²) in [5.41, 5.74) is 3.97. The van der Waals surface area contributed by atoms with E-state index in [1.165, 1.54) is 22.2 Å². The molecule has 1 aliphatic rings. The van der Waals surface area contributed by atoms with Crippen LogP contribution in [0.5, 0.6) is 5.75 Å². The van der Waals surface area contributed by atoms with E-state index in [4.69, 9.17) is 19.7 Å². The standard InChI is InChI=1S/C14H18N2O.CH2O2.CH4O/c1-8-6-12-11-7-10(17-3)4-5-13(11)16-14(12)9(2)15-8;2-1-3;1-2/h4-5,7-9,15-16H,6H2,1-3H3;1H,(H,2,3);2H,1H3. The van der Waals surface area contributed by atoms with Gasteiger partial charge in [0.25, 0.3) is 6.47 Å². The van der Waals surface area contributed by atoms with Crippen LogP contribution in [0.2, 0.25) is 0 Å². The Morgan fingerprint density at radius 3 is 2.55 bits per heavy atom. The Hall–Kier alpha value is -2.05. The second-order valence-electron chi connectivity index (χ2n) is 5.03. The fourth-order valence-corrected chi connectivity index (χ4v) is 2.84. The zero-order chi connectivity index (χ0) is 16.7. The zero-order valence-corrected chi connectivity index (χ0v) is 13.4. The van der Waals surface area contributed by atoms with Gasteiger partial charge in [0.15, 0.2) is 0 Å². The number of carbonyl (C=O) groups is 1. The van der Waals surface area contributed by atoms with Gasteiger partial charge in [0.2, 0.25) is 0 Å². The summed E-state index contributed by atoms with van der Waals surface area (Å²) in [6.45, 7) is 4.19. The molecule has 2 unspecified atom stereocenters. The fraction of sp³-hybridized carbons (Fsp3) is 0.438. The molecule has 0 fully saturated rings. The Bertz CT molecular complexity index is 609. The van der Waals surface area contributed by atoms with Gasteiger partial charge in [-0.1, -0.05) is 0 Å². The number of nitrogens with one attached hydrogen (secondary N) is 2. The SMILES string of the molecule is CO.COc1ccc2[nH]c3c(c2c1)CC(C)NC3C.O=CO. The van der Waals surface area contributed by atoms with Crippen LogP contribution in [0.15, 0.2) is 18.2 Å². The summed E-state index contributed by atoms with van der Waals surface area (Å²) in [7, 11) is 2.72. The first-order valence-corrected chi connectivity index (χ1v) is 7.07. The fourth-order valence-electron chi connectivity index (χ4n) is 2.84. The van der Waals surface area contributed by atoms with Gasteiger partial charge in [0.05, 0.1) is 7.11 Å². The van der Waals surface area contributed by atoms with Crippen molar-refractivity contribution in [2.24, 2.45) is 0 Å². The molecule has 122 valence electrons. The highest BCUT2D eigenvalue weighted by Gasteiger charge is 2.24. The summed E-state index contributed by atoms with van der Waals surface area (Å²) >= 11 is 0. The highest BCUT2D eigenvalue weighted by Crippen LogP contribution is 2.33. The predicted molar refractivity (Wildman–Crippen MR) is 86.4 cm³/mol. The number of rotatable bonds is 1. The van der Waals surface area contributed by atoms with Crippen LogP contribution in [-0.2, 0) is 11.2 Å². The number of hydrogen-bond donors (Lipinski definition) is 4. The van der Waals surface area contributed by atoms with Gasteiger partial charge in [0.1, 0.15) is 5.75 Å². The van der Waals surface area contributed by atoms with Crippen LogP contribution < -0.4 is 10.1 Å². The minimum Gasteiger partial charge on any atom is -0.497 e. The normalized spacial score (nSPS) is 19.1. The monoisotopic (exact) mass is 308 g/mol. The quantitative estimate of drug-likeness (QED) is 0.605. The Labute approximate surface area is 130 Å². The molecule has 1 aromatic carbocycles. The van der Waals surface area contributed by atoms with Crippen molar-refractivity contribution >= 4 is 17.4 Å². The molecule has 2 heterocycles. The van der Waals surface area contributed by atoms with E-state index < -0.39 is 0 Å². The van der Waals surface area contributed by atoms with Gasteiger partial charge in [-0.25, -0.2) is 0 Å². The second-order valence-corrected chi connectivity index (χ2v) is 5.03. The van der Waals surface area contributed by atoms with E-state index in [1.807, 2.05) is 6.07 Å². The molecule has 0 aliphatic carbocycles. The maximum absolute atomic E-state index is 8.36. The van der Waals surface area contributed by atoms with E-state index in [0.29, 0.717) is 12.1 Å². The molecule has 0 amide bonds. The van der Waals surface area contributed by atoms with Gasteiger partial charge in [-0.2, -0.15) is 0 Å². The van der Waals surface area contributed by atoms with Gasteiger partial charge in [0, 0.05) is 35.8 Å². The number of aromatic nitrogens is 1.